The first-order valence-corrected chi connectivity index (χ1v) is 12.7. The third-order valence-corrected chi connectivity index (χ3v) is 7.02. The van der Waals surface area contributed by atoms with Crippen LogP contribution >= 0.6 is 35.0 Å². The summed E-state index contributed by atoms with van der Waals surface area (Å²) in [7, 11) is -3.60. The van der Waals surface area contributed by atoms with Crippen LogP contribution in [0.4, 0.5) is 5.69 Å². The van der Waals surface area contributed by atoms with Crippen LogP contribution in [0.1, 0.15) is 16.7 Å². The summed E-state index contributed by atoms with van der Waals surface area (Å²) in [6.07, 6.45) is 1.10. The molecule has 0 aromatic heterocycles. The minimum atomic E-state index is -3.60. The maximum atomic E-state index is 12.3. The zero-order valence-electron chi connectivity index (χ0n) is 16.5. The molecule has 0 aliphatic rings. The fourth-order valence-corrected chi connectivity index (χ4v) is 5.16. The normalized spacial score (nSPS) is 11.3. The van der Waals surface area contributed by atoms with Gasteiger partial charge in [-0.1, -0.05) is 41.4 Å². The Bertz CT molecular complexity index is 961. The second-order valence-corrected chi connectivity index (χ2v) is 10.5. The number of sulfonamides is 1. The molecule has 0 bridgehead atoms. The van der Waals surface area contributed by atoms with Crippen molar-refractivity contribution in [2.24, 2.45) is 0 Å². The Balaban J connectivity index is 1.90. The number of nitrogens with zero attached hydrogens (tertiary/aromatic N) is 1. The molecule has 0 saturated heterocycles. The number of aryl methyl sites for hydroxylation is 2. The van der Waals surface area contributed by atoms with E-state index in [0.717, 1.165) is 27.3 Å². The van der Waals surface area contributed by atoms with Crippen LogP contribution in [0.2, 0.25) is 10.0 Å². The highest BCUT2D eigenvalue weighted by atomic mass is 35.5. The fourth-order valence-electron chi connectivity index (χ4n) is 2.66. The Morgan fingerprint density at radius 3 is 2.41 bits per heavy atom. The lowest BCUT2D eigenvalue weighted by atomic mass is 10.1. The largest absolute Gasteiger partial charge is 0.354 e. The zero-order valence-corrected chi connectivity index (χ0v) is 19.7. The average Bonchev–Trinajstić information content (AvgIpc) is 2.63. The van der Waals surface area contributed by atoms with Crippen LogP contribution in [0.15, 0.2) is 36.4 Å². The first-order valence-electron chi connectivity index (χ1n) is 8.92. The molecule has 0 heterocycles. The van der Waals surface area contributed by atoms with E-state index in [1.807, 2.05) is 26.0 Å². The molecule has 29 heavy (non-hydrogen) atoms. The van der Waals surface area contributed by atoms with Crippen LogP contribution in [-0.4, -0.2) is 39.4 Å². The standard InChI is InChI=1S/C20H24Cl2N2O3S2/c1-14-7-8-15(2)19(11-14)24(29(3,26)27)12-20(25)23-9-10-28-13-16-17(21)5-4-6-18(16)22/h4-8,11H,9-10,12-13H2,1-3H3,(H,23,25). The number of benzene rings is 2. The van der Waals surface area contributed by atoms with Crippen LogP contribution in [0.3, 0.4) is 0 Å². The molecule has 0 aliphatic carbocycles. The second-order valence-electron chi connectivity index (χ2n) is 6.66. The Kier molecular flexibility index (Phi) is 8.70. The summed E-state index contributed by atoms with van der Waals surface area (Å²) in [6.45, 7) is 3.85. The number of carbonyl (C=O) groups excluding carboxylic acids is 1. The number of carbonyl (C=O) groups is 1. The van der Waals surface area contributed by atoms with Crippen LogP contribution in [0.5, 0.6) is 0 Å². The number of hydrogen-bond donors (Lipinski definition) is 1. The molecule has 0 spiro atoms. The SMILES string of the molecule is Cc1ccc(C)c(N(CC(=O)NCCSCc2c(Cl)cccc2Cl)S(C)(=O)=O)c1. The Labute approximate surface area is 186 Å². The van der Waals surface area contributed by atoms with Crippen molar-refractivity contribution in [1.29, 1.82) is 0 Å². The summed E-state index contributed by atoms with van der Waals surface area (Å²) >= 11 is 13.9. The lowest BCUT2D eigenvalue weighted by Crippen LogP contribution is -2.41. The van der Waals surface area contributed by atoms with Gasteiger partial charge in [0.1, 0.15) is 6.54 Å². The molecule has 1 amide bonds. The van der Waals surface area contributed by atoms with Gasteiger partial charge in [-0.2, -0.15) is 11.8 Å². The number of hydrogen-bond acceptors (Lipinski definition) is 4. The Morgan fingerprint density at radius 2 is 1.79 bits per heavy atom. The van der Waals surface area contributed by atoms with Crippen molar-refractivity contribution in [2.75, 3.05) is 29.4 Å². The Hall–Kier alpha value is -1.41. The van der Waals surface area contributed by atoms with Crippen LogP contribution in [-0.2, 0) is 20.6 Å². The van der Waals surface area contributed by atoms with E-state index in [1.165, 1.54) is 0 Å². The monoisotopic (exact) mass is 474 g/mol. The smallest absolute Gasteiger partial charge is 0.240 e. The second kappa shape index (κ2) is 10.6. The molecule has 2 aromatic rings. The van der Waals surface area contributed by atoms with Gasteiger partial charge in [0.2, 0.25) is 15.9 Å². The van der Waals surface area contributed by atoms with Gasteiger partial charge in [0.15, 0.2) is 0 Å². The first kappa shape index (κ1) is 23.9. The summed E-state index contributed by atoms with van der Waals surface area (Å²) < 4.78 is 25.6. The van der Waals surface area contributed by atoms with Gasteiger partial charge < -0.3 is 5.32 Å². The van der Waals surface area contributed by atoms with Crippen LogP contribution < -0.4 is 9.62 Å². The average molecular weight is 475 g/mol. The van der Waals surface area contributed by atoms with E-state index in [2.05, 4.69) is 5.32 Å². The number of rotatable bonds is 9. The molecule has 9 heteroatoms. The molecule has 2 aromatic carbocycles. The van der Waals surface area contributed by atoms with Gasteiger partial charge in [-0.3, -0.25) is 9.10 Å². The van der Waals surface area contributed by atoms with Crippen molar-refractivity contribution >= 4 is 56.6 Å². The van der Waals surface area contributed by atoms with E-state index < -0.39 is 10.0 Å². The number of anilines is 1. The molecular formula is C20H24Cl2N2O3S2. The van der Waals surface area contributed by atoms with Gasteiger partial charge in [0.05, 0.1) is 11.9 Å². The molecule has 0 unspecified atom stereocenters. The van der Waals surface area contributed by atoms with Crippen molar-refractivity contribution in [2.45, 2.75) is 19.6 Å². The number of halogens is 2. The van der Waals surface area contributed by atoms with Gasteiger partial charge in [0, 0.05) is 28.1 Å². The van der Waals surface area contributed by atoms with E-state index in [4.69, 9.17) is 23.2 Å². The highest BCUT2D eigenvalue weighted by molar-refractivity contribution is 7.98. The van der Waals surface area contributed by atoms with E-state index in [0.29, 0.717) is 33.8 Å². The van der Waals surface area contributed by atoms with E-state index in [1.54, 1.807) is 36.0 Å². The van der Waals surface area contributed by atoms with Gasteiger partial charge in [-0.25, -0.2) is 8.42 Å². The number of thioether (sulfide) groups is 1. The zero-order chi connectivity index (χ0) is 21.6. The van der Waals surface area contributed by atoms with Crippen molar-refractivity contribution in [3.05, 3.63) is 63.1 Å². The number of nitrogens with one attached hydrogen (secondary N) is 1. The minimum Gasteiger partial charge on any atom is -0.354 e. The van der Waals surface area contributed by atoms with Gasteiger partial charge in [-0.05, 0) is 48.7 Å². The summed E-state index contributed by atoms with van der Waals surface area (Å²) in [6, 6.07) is 10.9. The summed E-state index contributed by atoms with van der Waals surface area (Å²) in [5.74, 6) is 0.926. The molecule has 5 nitrogen and oxygen atoms in total. The molecule has 0 aliphatic heterocycles. The minimum absolute atomic E-state index is 0.260. The lowest BCUT2D eigenvalue weighted by molar-refractivity contribution is -0.119. The molecule has 158 valence electrons. The van der Waals surface area contributed by atoms with Gasteiger partial charge >= 0.3 is 0 Å². The van der Waals surface area contributed by atoms with Gasteiger partial charge in [-0.15, -0.1) is 0 Å². The first-order chi connectivity index (χ1) is 13.6. The van der Waals surface area contributed by atoms with Crippen molar-refractivity contribution in [3.63, 3.8) is 0 Å². The summed E-state index contributed by atoms with van der Waals surface area (Å²) in [5.41, 5.74) is 3.10. The molecular weight excluding hydrogens is 451 g/mol. The molecule has 0 saturated carbocycles. The van der Waals surface area contributed by atoms with Crippen LogP contribution in [0.25, 0.3) is 0 Å². The predicted molar refractivity (Wildman–Crippen MR) is 124 cm³/mol. The van der Waals surface area contributed by atoms with Crippen molar-refractivity contribution < 1.29 is 13.2 Å². The fraction of sp³-hybridized carbons (Fsp3) is 0.350. The third kappa shape index (κ3) is 7.10. The highest BCUT2D eigenvalue weighted by Crippen LogP contribution is 2.28. The lowest BCUT2D eigenvalue weighted by Gasteiger charge is -2.24. The molecule has 1 N–H and O–H groups in total. The predicted octanol–water partition coefficient (Wildman–Crippen LogP) is 4.43. The molecule has 2 rings (SSSR count). The molecule has 0 radical (unpaired) electrons. The van der Waals surface area contributed by atoms with Crippen molar-refractivity contribution in [1.82, 2.24) is 5.32 Å². The Morgan fingerprint density at radius 1 is 1.14 bits per heavy atom. The maximum absolute atomic E-state index is 12.3. The maximum Gasteiger partial charge on any atom is 0.240 e. The topological polar surface area (TPSA) is 66.5 Å². The van der Waals surface area contributed by atoms with Crippen molar-refractivity contribution in [3.8, 4) is 0 Å². The quantitative estimate of drug-likeness (QED) is 0.545. The highest BCUT2D eigenvalue weighted by Gasteiger charge is 2.22. The molecule has 0 fully saturated rings. The number of amides is 1. The molecule has 0 atom stereocenters. The van der Waals surface area contributed by atoms with E-state index >= 15 is 0 Å². The third-order valence-electron chi connectivity index (χ3n) is 4.20. The van der Waals surface area contributed by atoms with E-state index in [9.17, 15) is 13.2 Å². The van der Waals surface area contributed by atoms with Crippen LogP contribution in [0, 0.1) is 13.8 Å². The van der Waals surface area contributed by atoms with Gasteiger partial charge in [0.25, 0.3) is 0 Å². The summed E-state index contributed by atoms with van der Waals surface area (Å²) in [5, 5.41) is 4.01. The van der Waals surface area contributed by atoms with E-state index in [-0.39, 0.29) is 12.5 Å². The summed E-state index contributed by atoms with van der Waals surface area (Å²) in [4.78, 5) is 12.3.